The summed E-state index contributed by atoms with van der Waals surface area (Å²) < 4.78 is 44.1. The first-order valence-corrected chi connectivity index (χ1v) is 10.9. The first kappa shape index (κ1) is 23.7. The third kappa shape index (κ3) is 5.84. The van der Waals surface area contributed by atoms with Crippen molar-refractivity contribution in [1.82, 2.24) is 4.90 Å². The molecule has 0 radical (unpaired) electrons. The van der Waals surface area contributed by atoms with Crippen LogP contribution in [0.2, 0.25) is 0 Å². The van der Waals surface area contributed by atoms with Crippen LogP contribution < -0.4 is 9.64 Å². The molecule has 2 aromatic carbocycles. The van der Waals surface area contributed by atoms with E-state index in [1.807, 2.05) is 31.2 Å². The number of carbonyl (C=O) groups excluding carboxylic acids is 1. The molecule has 0 unspecified atom stereocenters. The van der Waals surface area contributed by atoms with Gasteiger partial charge < -0.3 is 14.5 Å². The fourth-order valence-electron chi connectivity index (χ4n) is 3.35. The zero-order chi connectivity index (χ0) is 23.3. The highest BCUT2D eigenvalue weighted by Crippen LogP contribution is 2.36. The maximum atomic E-state index is 12.9. The second-order valence-corrected chi connectivity index (χ2v) is 8.07. The molecular formula is C21H22F3N3O4S. The Morgan fingerprint density at radius 3 is 2.34 bits per heavy atom. The molecule has 1 amide bonds. The van der Waals surface area contributed by atoms with Crippen LogP contribution >= 0.6 is 11.8 Å². The second-order valence-electron chi connectivity index (χ2n) is 7.02. The van der Waals surface area contributed by atoms with Gasteiger partial charge in [0.05, 0.1) is 22.8 Å². The maximum Gasteiger partial charge on any atom is 0.416 e. The summed E-state index contributed by atoms with van der Waals surface area (Å²) in [5, 5.41) is 11.3. The van der Waals surface area contributed by atoms with E-state index >= 15 is 0 Å². The monoisotopic (exact) mass is 469 g/mol. The predicted molar refractivity (Wildman–Crippen MR) is 115 cm³/mol. The number of rotatable bonds is 7. The third-order valence-corrected chi connectivity index (χ3v) is 5.97. The third-order valence-electron chi connectivity index (χ3n) is 4.97. The molecule has 172 valence electrons. The van der Waals surface area contributed by atoms with Crippen molar-refractivity contribution < 1.29 is 27.6 Å². The molecule has 0 saturated carbocycles. The summed E-state index contributed by atoms with van der Waals surface area (Å²) in [6.07, 6.45) is -4.66. The van der Waals surface area contributed by atoms with Crippen molar-refractivity contribution >= 4 is 29.0 Å². The van der Waals surface area contributed by atoms with Crippen molar-refractivity contribution in [3.05, 3.63) is 58.1 Å². The van der Waals surface area contributed by atoms with Crippen molar-refractivity contribution in [3.63, 3.8) is 0 Å². The van der Waals surface area contributed by atoms with Gasteiger partial charge in [0.1, 0.15) is 11.4 Å². The number of carbonyl (C=O) groups is 1. The highest BCUT2D eigenvalue weighted by atomic mass is 32.2. The van der Waals surface area contributed by atoms with Crippen molar-refractivity contribution in [2.75, 3.05) is 43.4 Å². The summed E-state index contributed by atoms with van der Waals surface area (Å²) >= 11 is 1.40. The fraction of sp³-hybridized carbons (Fsp3) is 0.381. The van der Waals surface area contributed by atoms with Crippen molar-refractivity contribution in [1.29, 1.82) is 0 Å². The normalized spacial score (nSPS) is 14.4. The average molecular weight is 469 g/mol. The van der Waals surface area contributed by atoms with Crippen molar-refractivity contribution in [2.45, 2.75) is 18.0 Å². The molecule has 32 heavy (non-hydrogen) atoms. The van der Waals surface area contributed by atoms with Crippen LogP contribution in [0.1, 0.15) is 12.5 Å². The quantitative estimate of drug-likeness (QED) is 0.339. The van der Waals surface area contributed by atoms with Crippen LogP contribution in [0.4, 0.5) is 24.5 Å². The van der Waals surface area contributed by atoms with Gasteiger partial charge in [-0.1, -0.05) is 0 Å². The number of nitro groups is 1. The molecular weight excluding hydrogens is 447 g/mol. The van der Waals surface area contributed by atoms with E-state index in [4.69, 9.17) is 4.74 Å². The van der Waals surface area contributed by atoms with E-state index in [2.05, 4.69) is 0 Å². The van der Waals surface area contributed by atoms with Crippen LogP contribution in [0.15, 0.2) is 47.4 Å². The maximum absolute atomic E-state index is 12.9. The van der Waals surface area contributed by atoms with E-state index in [9.17, 15) is 28.1 Å². The zero-order valence-corrected chi connectivity index (χ0v) is 18.1. The Morgan fingerprint density at radius 2 is 1.78 bits per heavy atom. The number of piperazine rings is 1. The summed E-state index contributed by atoms with van der Waals surface area (Å²) in [4.78, 5) is 27.3. The first-order valence-electron chi connectivity index (χ1n) is 9.93. The lowest BCUT2D eigenvalue weighted by molar-refractivity contribution is -0.384. The fourth-order valence-corrected chi connectivity index (χ4v) is 4.15. The predicted octanol–water partition coefficient (Wildman–Crippen LogP) is 4.45. The number of nitro benzene ring substituents is 1. The number of hydrogen-bond donors (Lipinski definition) is 0. The molecule has 2 aromatic rings. The summed E-state index contributed by atoms with van der Waals surface area (Å²) in [6, 6.07) is 9.96. The van der Waals surface area contributed by atoms with Gasteiger partial charge in [0.25, 0.3) is 5.69 Å². The number of benzene rings is 2. The number of alkyl halides is 3. The Bertz CT molecular complexity index is 962. The summed E-state index contributed by atoms with van der Waals surface area (Å²) in [6.45, 7) is 3.74. The Balaban J connectivity index is 1.57. The SMILES string of the molecule is CCOc1ccc(SCC(=O)N2CCN(c3ccc(C(F)(F)F)cc3[N+](=O)[O-])CC2)cc1. The van der Waals surface area contributed by atoms with Crippen LogP contribution in [0.25, 0.3) is 0 Å². The van der Waals surface area contributed by atoms with Gasteiger partial charge >= 0.3 is 6.18 Å². The van der Waals surface area contributed by atoms with E-state index in [1.165, 1.54) is 11.8 Å². The Labute approximate surface area is 187 Å². The highest BCUT2D eigenvalue weighted by Gasteiger charge is 2.34. The van der Waals surface area contributed by atoms with Gasteiger partial charge in [0.2, 0.25) is 5.91 Å². The zero-order valence-electron chi connectivity index (χ0n) is 17.3. The molecule has 3 rings (SSSR count). The van der Waals surface area contributed by atoms with Gasteiger partial charge in [-0.05, 0) is 43.3 Å². The summed E-state index contributed by atoms with van der Waals surface area (Å²) in [5.41, 5.74) is -1.53. The number of thioether (sulfide) groups is 1. The summed E-state index contributed by atoms with van der Waals surface area (Å²) in [5.74, 6) is 0.941. The molecule has 7 nitrogen and oxygen atoms in total. The van der Waals surface area contributed by atoms with Crippen LogP contribution in [0, 0.1) is 10.1 Å². The molecule has 0 aromatic heterocycles. The number of nitrogens with zero attached hydrogens (tertiary/aromatic N) is 3. The van der Waals surface area contributed by atoms with Gasteiger partial charge in [0, 0.05) is 37.1 Å². The van der Waals surface area contributed by atoms with Crippen LogP contribution in [-0.4, -0.2) is 54.3 Å². The summed E-state index contributed by atoms with van der Waals surface area (Å²) in [7, 11) is 0. The number of ether oxygens (including phenoxy) is 1. The van der Waals surface area contributed by atoms with E-state index in [1.54, 1.807) is 9.80 Å². The molecule has 0 aliphatic carbocycles. The lowest BCUT2D eigenvalue weighted by atomic mass is 10.1. The minimum atomic E-state index is -4.66. The number of anilines is 1. The lowest BCUT2D eigenvalue weighted by Gasteiger charge is -2.35. The van der Waals surface area contributed by atoms with Crippen LogP contribution in [0.3, 0.4) is 0 Å². The molecule has 0 atom stereocenters. The van der Waals surface area contributed by atoms with E-state index < -0.39 is 22.4 Å². The van der Waals surface area contributed by atoms with Gasteiger partial charge in [-0.2, -0.15) is 13.2 Å². The van der Waals surface area contributed by atoms with Crippen LogP contribution in [-0.2, 0) is 11.0 Å². The topological polar surface area (TPSA) is 75.9 Å². The van der Waals surface area contributed by atoms with Gasteiger partial charge in [0.15, 0.2) is 0 Å². The standard InChI is InChI=1S/C21H22F3N3O4S/c1-2-31-16-4-6-17(7-5-16)32-14-20(28)26-11-9-25(10-12-26)18-8-3-15(21(22,23)24)13-19(18)27(29)30/h3-8,13H,2,9-12,14H2,1H3. The number of hydrogen-bond acceptors (Lipinski definition) is 6. The van der Waals surface area contributed by atoms with Gasteiger partial charge in [-0.3, -0.25) is 14.9 Å². The molecule has 11 heteroatoms. The number of amides is 1. The van der Waals surface area contributed by atoms with Crippen LogP contribution in [0.5, 0.6) is 5.75 Å². The van der Waals surface area contributed by atoms with E-state index in [0.717, 1.165) is 22.8 Å². The van der Waals surface area contributed by atoms with Gasteiger partial charge in [-0.15, -0.1) is 11.8 Å². The molecule has 1 aliphatic rings. The van der Waals surface area contributed by atoms with Crippen molar-refractivity contribution in [3.8, 4) is 5.75 Å². The molecule has 0 N–H and O–H groups in total. The van der Waals surface area contributed by atoms with Gasteiger partial charge in [-0.25, -0.2) is 0 Å². The Morgan fingerprint density at radius 1 is 1.12 bits per heavy atom. The molecule has 1 saturated heterocycles. The molecule has 1 fully saturated rings. The average Bonchev–Trinajstić information content (AvgIpc) is 2.77. The Hall–Kier alpha value is -2.95. The molecule has 1 aliphatic heterocycles. The van der Waals surface area contributed by atoms with Crippen molar-refractivity contribution in [2.24, 2.45) is 0 Å². The minimum Gasteiger partial charge on any atom is -0.494 e. The van der Waals surface area contributed by atoms with E-state index in [-0.39, 0.29) is 17.3 Å². The Kier molecular flexibility index (Phi) is 7.49. The molecule has 0 bridgehead atoms. The highest BCUT2D eigenvalue weighted by molar-refractivity contribution is 8.00. The smallest absolute Gasteiger partial charge is 0.416 e. The first-order chi connectivity index (χ1) is 15.2. The molecule has 0 spiro atoms. The molecule has 1 heterocycles. The number of halogens is 3. The second kappa shape index (κ2) is 10.1. The largest absolute Gasteiger partial charge is 0.494 e. The lowest BCUT2D eigenvalue weighted by Crippen LogP contribution is -2.49. The minimum absolute atomic E-state index is 0.0644. The van der Waals surface area contributed by atoms with E-state index in [0.29, 0.717) is 38.9 Å².